The van der Waals surface area contributed by atoms with Gasteiger partial charge in [-0.2, -0.15) is 0 Å². The number of carbonyl (C=O) groups excluding carboxylic acids is 2. The van der Waals surface area contributed by atoms with Gasteiger partial charge in [0.15, 0.2) is 5.88 Å². The zero-order valence-electron chi connectivity index (χ0n) is 12.7. The van der Waals surface area contributed by atoms with Gasteiger partial charge in [0.05, 0.1) is 4.91 Å². The number of carbonyl (C=O) groups is 2. The van der Waals surface area contributed by atoms with Gasteiger partial charge >= 0.3 is 0 Å². The van der Waals surface area contributed by atoms with Crippen molar-refractivity contribution in [2.45, 2.75) is 32.6 Å². The van der Waals surface area contributed by atoms with Gasteiger partial charge < -0.3 is 9.32 Å². The summed E-state index contributed by atoms with van der Waals surface area (Å²) in [5, 5.41) is -0.210. The molecule has 0 radical (unpaired) electrons. The van der Waals surface area contributed by atoms with Crippen molar-refractivity contribution in [2.24, 2.45) is 0 Å². The summed E-state index contributed by atoms with van der Waals surface area (Å²) in [5.74, 6) is 1.24. The molecule has 3 rings (SSSR count). The SMILES string of the molecule is CCN1C(=O)SC(=Cc2ccc(N3CCCCCC3)o2)C1=O. The quantitative estimate of drug-likeness (QED) is 0.795. The predicted octanol–water partition coefficient (Wildman–Crippen LogP) is 3.72. The second-order valence-electron chi connectivity index (χ2n) is 5.50. The van der Waals surface area contributed by atoms with Crippen molar-refractivity contribution in [3.05, 3.63) is 22.8 Å². The van der Waals surface area contributed by atoms with Gasteiger partial charge in [0.1, 0.15) is 5.76 Å². The smallest absolute Gasteiger partial charge is 0.293 e. The summed E-state index contributed by atoms with van der Waals surface area (Å²) in [7, 11) is 0. The molecule has 22 heavy (non-hydrogen) atoms. The number of thioether (sulfide) groups is 1. The third-order valence-corrected chi connectivity index (χ3v) is 4.90. The molecule has 0 atom stereocenters. The first kappa shape index (κ1) is 15.2. The van der Waals surface area contributed by atoms with Gasteiger partial charge in [-0.1, -0.05) is 12.8 Å². The van der Waals surface area contributed by atoms with Crippen LogP contribution in [0, 0.1) is 0 Å². The van der Waals surface area contributed by atoms with Crippen molar-refractivity contribution in [3.63, 3.8) is 0 Å². The summed E-state index contributed by atoms with van der Waals surface area (Å²) >= 11 is 0.974. The van der Waals surface area contributed by atoms with Crippen molar-refractivity contribution in [1.82, 2.24) is 4.90 Å². The van der Waals surface area contributed by atoms with Crippen LogP contribution in [0.25, 0.3) is 6.08 Å². The second kappa shape index (κ2) is 6.60. The van der Waals surface area contributed by atoms with Gasteiger partial charge in [0, 0.05) is 31.8 Å². The normalized spacial score (nSPS) is 21.8. The molecule has 0 bridgehead atoms. The maximum Gasteiger partial charge on any atom is 0.293 e. The number of hydrogen-bond acceptors (Lipinski definition) is 5. The van der Waals surface area contributed by atoms with Crippen molar-refractivity contribution < 1.29 is 14.0 Å². The molecule has 2 saturated heterocycles. The molecule has 3 heterocycles. The molecular weight excluding hydrogens is 300 g/mol. The Morgan fingerprint density at radius 1 is 1.18 bits per heavy atom. The van der Waals surface area contributed by atoms with Gasteiger partial charge in [0.2, 0.25) is 0 Å². The highest BCUT2D eigenvalue weighted by Crippen LogP contribution is 2.33. The summed E-state index contributed by atoms with van der Waals surface area (Å²) < 4.78 is 5.85. The second-order valence-corrected chi connectivity index (χ2v) is 6.50. The summed E-state index contributed by atoms with van der Waals surface area (Å²) in [6.07, 6.45) is 6.58. The van der Waals surface area contributed by atoms with E-state index in [1.807, 2.05) is 12.1 Å². The number of furan rings is 1. The van der Waals surface area contributed by atoms with Gasteiger partial charge in [0.25, 0.3) is 11.1 Å². The van der Waals surface area contributed by atoms with E-state index in [9.17, 15) is 9.59 Å². The molecule has 6 heteroatoms. The van der Waals surface area contributed by atoms with Gasteiger partial charge in [-0.3, -0.25) is 14.5 Å². The maximum atomic E-state index is 12.1. The highest BCUT2D eigenvalue weighted by molar-refractivity contribution is 8.18. The lowest BCUT2D eigenvalue weighted by atomic mass is 10.2. The van der Waals surface area contributed by atoms with Gasteiger partial charge in [-0.25, -0.2) is 0 Å². The topological polar surface area (TPSA) is 53.8 Å². The average molecular weight is 320 g/mol. The fourth-order valence-electron chi connectivity index (χ4n) is 2.78. The number of hydrogen-bond donors (Lipinski definition) is 0. The lowest BCUT2D eigenvalue weighted by Crippen LogP contribution is -2.27. The Balaban J connectivity index is 1.75. The van der Waals surface area contributed by atoms with E-state index in [2.05, 4.69) is 4.90 Å². The number of rotatable bonds is 3. The Hall–Kier alpha value is -1.69. The first-order chi connectivity index (χ1) is 10.7. The van der Waals surface area contributed by atoms with E-state index < -0.39 is 0 Å². The minimum atomic E-state index is -0.231. The van der Waals surface area contributed by atoms with E-state index in [0.717, 1.165) is 30.7 Å². The molecule has 5 nitrogen and oxygen atoms in total. The molecule has 1 aromatic heterocycles. The van der Waals surface area contributed by atoms with Crippen LogP contribution in [0.5, 0.6) is 0 Å². The van der Waals surface area contributed by atoms with E-state index in [-0.39, 0.29) is 11.1 Å². The fourth-order valence-corrected chi connectivity index (χ4v) is 3.67. The van der Waals surface area contributed by atoms with Crippen LogP contribution < -0.4 is 4.90 Å². The zero-order chi connectivity index (χ0) is 15.5. The first-order valence-corrected chi connectivity index (χ1v) is 8.61. The molecule has 2 aliphatic rings. The lowest BCUT2D eigenvalue weighted by Gasteiger charge is -2.18. The molecule has 2 aliphatic heterocycles. The number of anilines is 1. The van der Waals surface area contributed by atoms with Crippen molar-refractivity contribution in [1.29, 1.82) is 0 Å². The number of amides is 2. The minimum absolute atomic E-state index is 0.210. The largest absolute Gasteiger partial charge is 0.441 e. The van der Waals surface area contributed by atoms with E-state index in [1.54, 1.807) is 13.0 Å². The molecule has 2 fully saturated rings. The molecule has 1 aromatic rings. The van der Waals surface area contributed by atoms with Crippen LogP contribution >= 0.6 is 11.8 Å². The van der Waals surface area contributed by atoms with Crippen LogP contribution in [0.15, 0.2) is 21.5 Å². The van der Waals surface area contributed by atoms with Gasteiger partial charge in [-0.15, -0.1) is 0 Å². The molecule has 0 aromatic carbocycles. The molecule has 0 spiro atoms. The van der Waals surface area contributed by atoms with E-state index in [1.165, 1.54) is 30.6 Å². The Bertz CT molecular complexity index is 600. The van der Waals surface area contributed by atoms with Crippen LogP contribution in [-0.2, 0) is 4.79 Å². The summed E-state index contributed by atoms with van der Waals surface area (Å²) in [6.45, 7) is 4.22. The van der Waals surface area contributed by atoms with Crippen molar-refractivity contribution >= 4 is 34.9 Å². The Morgan fingerprint density at radius 2 is 1.91 bits per heavy atom. The van der Waals surface area contributed by atoms with Crippen LogP contribution in [0.1, 0.15) is 38.4 Å². The Kier molecular flexibility index (Phi) is 4.57. The van der Waals surface area contributed by atoms with Crippen LogP contribution in [0.2, 0.25) is 0 Å². The molecule has 2 amide bonds. The number of imide groups is 1. The summed E-state index contributed by atoms with van der Waals surface area (Å²) in [4.78, 5) is 27.7. The number of likely N-dealkylation sites (N-methyl/N-ethyl adjacent to an activating group) is 1. The summed E-state index contributed by atoms with van der Waals surface area (Å²) in [6, 6.07) is 3.81. The van der Waals surface area contributed by atoms with Crippen LogP contribution in [0.3, 0.4) is 0 Å². The van der Waals surface area contributed by atoms with Gasteiger partial charge in [-0.05, 0) is 37.6 Å². The third-order valence-electron chi connectivity index (χ3n) is 3.99. The third kappa shape index (κ3) is 3.06. The highest BCUT2D eigenvalue weighted by Gasteiger charge is 2.33. The average Bonchev–Trinajstić information content (AvgIpc) is 2.94. The maximum absolute atomic E-state index is 12.1. The molecular formula is C16H20N2O3S. The van der Waals surface area contributed by atoms with E-state index in [4.69, 9.17) is 4.42 Å². The molecule has 0 saturated carbocycles. The van der Waals surface area contributed by atoms with Crippen LogP contribution in [-0.4, -0.2) is 35.7 Å². The predicted molar refractivity (Wildman–Crippen MR) is 87.7 cm³/mol. The molecule has 0 unspecified atom stereocenters. The Morgan fingerprint density at radius 3 is 2.55 bits per heavy atom. The zero-order valence-corrected chi connectivity index (χ0v) is 13.5. The highest BCUT2D eigenvalue weighted by atomic mass is 32.2. The van der Waals surface area contributed by atoms with Crippen molar-refractivity contribution in [3.8, 4) is 0 Å². The van der Waals surface area contributed by atoms with Crippen molar-refractivity contribution in [2.75, 3.05) is 24.5 Å². The first-order valence-electron chi connectivity index (χ1n) is 7.79. The Labute approximate surface area is 134 Å². The number of nitrogens with zero attached hydrogens (tertiary/aromatic N) is 2. The van der Waals surface area contributed by atoms with Crippen LogP contribution in [0.4, 0.5) is 10.7 Å². The lowest BCUT2D eigenvalue weighted by molar-refractivity contribution is -0.122. The molecule has 118 valence electrons. The standard InChI is InChI=1S/C16H20N2O3S/c1-2-18-15(19)13(22-16(18)20)11-12-7-8-14(21-12)17-9-5-3-4-6-10-17/h7-8,11H,2-6,9-10H2,1H3. The fraction of sp³-hybridized carbons (Fsp3) is 0.500. The molecule has 0 aliphatic carbocycles. The minimum Gasteiger partial charge on any atom is -0.441 e. The summed E-state index contributed by atoms with van der Waals surface area (Å²) in [5.41, 5.74) is 0. The molecule has 0 N–H and O–H groups in total. The monoisotopic (exact) mass is 320 g/mol. The van der Waals surface area contributed by atoms with E-state index >= 15 is 0 Å². The van der Waals surface area contributed by atoms with E-state index in [0.29, 0.717) is 17.2 Å².